The first-order valence-corrected chi connectivity index (χ1v) is 7.17. The van der Waals surface area contributed by atoms with Crippen molar-refractivity contribution < 1.29 is 9.47 Å². The number of fused-ring (bicyclic) bond motifs is 1. The smallest absolute Gasteiger partial charge is 0.121 e. The van der Waals surface area contributed by atoms with Gasteiger partial charge in [0.15, 0.2) is 0 Å². The molecule has 0 aromatic heterocycles. The highest BCUT2D eigenvalue weighted by Crippen LogP contribution is 2.28. The van der Waals surface area contributed by atoms with Crippen LogP contribution in [0.2, 0.25) is 5.02 Å². The lowest BCUT2D eigenvalue weighted by Crippen LogP contribution is -2.21. The highest BCUT2D eigenvalue weighted by atomic mass is 35.5. The second kappa shape index (κ2) is 6.17. The van der Waals surface area contributed by atoms with Crippen LogP contribution in [0.4, 0.5) is 0 Å². The number of nitriles is 1. The molecule has 2 aromatic rings. The van der Waals surface area contributed by atoms with E-state index in [-0.39, 0.29) is 6.10 Å². The summed E-state index contributed by atoms with van der Waals surface area (Å²) in [6.07, 6.45) is 0.874. The summed E-state index contributed by atoms with van der Waals surface area (Å²) in [5.41, 5.74) is 2.95. The van der Waals surface area contributed by atoms with Crippen LogP contribution >= 0.6 is 11.6 Å². The van der Waals surface area contributed by atoms with E-state index in [9.17, 15) is 0 Å². The van der Waals surface area contributed by atoms with Crippen molar-refractivity contribution in [3.8, 4) is 11.8 Å². The summed E-state index contributed by atoms with van der Waals surface area (Å²) in [4.78, 5) is 0. The zero-order valence-electron chi connectivity index (χ0n) is 11.4. The Morgan fingerprint density at radius 1 is 1.29 bits per heavy atom. The summed E-state index contributed by atoms with van der Waals surface area (Å²) in [6, 6.07) is 15.4. The number of benzene rings is 2. The van der Waals surface area contributed by atoms with Crippen LogP contribution in [0.25, 0.3) is 0 Å². The molecule has 0 bridgehead atoms. The van der Waals surface area contributed by atoms with Crippen molar-refractivity contribution in [1.29, 1.82) is 5.26 Å². The predicted octanol–water partition coefficient (Wildman–Crippen LogP) is 3.90. The van der Waals surface area contributed by atoms with Crippen LogP contribution in [-0.2, 0) is 11.2 Å². The van der Waals surface area contributed by atoms with Crippen LogP contribution in [0.3, 0.4) is 0 Å². The second-order valence-corrected chi connectivity index (χ2v) is 5.28. The number of ether oxygens (including phenoxy) is 2. The minimum Gasteiger partial charge on any atom is -0.490 e. The third-order valence-corrected chi connectivity index (χ3v) is 3.87. The van der Waals surface area contributed by atoms with Gasteiger partial charge in [0.1, 0.15) is 24.5 Å². The summed E-state index contributed by atoms with van der Waals surface area (Å²) in [7, 11) is 0. The second-order valence-electron chi connectivity index (χ2n) is 4.87. The molecule has 21 heavy (non-hydrogen) atoms. The molecule has 0 saturated carbocycles. The van der Waals surface area contributed by atoms with Crippen LogP contribution in [0.1, 0.15) is 22.8 Å². The molecule has 0 saturated heterocycles. The Morgan fingerprint density at radius 3 is 2.95 bits per heavy atom. The standard InChI is InChI=1S/C17H14ClNO2/c18-16-9-14(6-5-13(16)10-19)21-11-17-15-4-2-1-3-12(15)7-8-20-17/h1-6,9,17H,7-8,11H2. The number of nitrogens with zero attached hydrogens (tertiary/aromatic N) is 1. The van der Waals surface area contributed by atoms with Crippen molar-refractivity contribution in [1.82, 2.24) is 0 Å². The molecular formula is C17H14ClNO2. The Balaban J connectivity index is 1.72. The molecule has 2 aromatic carbocycles. The van der Waals surface area contributed by atoms with E-state index in [1.807, 2.05) is 18.2 Å². The summed E-state index contributed by atoms with van der Waals surface area (Å²) in [5.74, 6) is 0.644. The van der Waals surface area contributed by atoms with Gasteiger partial charge in [-0.3, -0.25) is 0 Å². The largest absolute Gasteiger partial charge is 0.490 e. The average Bonchev–Trinajstić information content (AvgIpc) is 2.53. The molecule has 106 valence electrons. The van der Waals surface area contributed by atoms with Crippen molar-refractivity contribution in [2.45, 2.75) is 12.5 Å². The fraction of sp³-hybridized carbons (Fsp3) is 0.235. The van der Waals surface area contributed by atoms with Gasteiger partial charge in [0.2, 0.25) is 0 Å². The van der Waals surface area contributed by atoms with Gasteiger partial charge >= 0.3 is 0 Å². The molecular weight excluding hydrogens is 286 g/mol. The van der Waals surface area contributed by atoms with Crippen molar-refractivity contribution in [2.24, 2.45) is 0 Å². The minimum atomic E-state index is -0.0654. The Labute approximate surface area is 128 Å². The lowest BCUT2D eigenvalue weighted by Gasteiger charge is -2.26. The molecule has 0 aliphatic carbocycles. The van der Waals surface area contributed by atoms with Gasteiger partial charge in [-0.25, -0.2) is 0 Å². The third-order valence-electron chi connectivity index (χ3n) is 3.55. The summed E-state index contributed by atoms with van der Waals surface area (Å²) in [5, 5.41) is 9.26. The Morgan fingerprint density at radius 2 is 2.14 bits per heavy atom. The number of hydrogen-bond donors (Lipinski definition) is 0. The van der Waals surface area contributed by atoms with Crippen molar-refractivity contribution in [3.63, 3.8) is 0 Å². The van der Waals surface area contributed by atoms with E-state index >= 15 is 0 Å². The topological polar surface area (TPSA) is 42.2 Å². The van der Waals surface area contributed by atoms with Crippen LogP contribution in [-0.4, -0.2) is 13.2 Å². The lowest BCUT2D eigenvalue weighted by atomic mass is 9.98. The van der Waals surface area contributed by atoms with Gasteiger partial charge in [-0.2, -0.15) is 5.26 Å². The SMILES string of the molecule is N#Cc1ccc(OCC2OCCc3ccccc32)cc1Cl. The summed E-state index contributed by atoms with van der Waals surface area (Å²) in [6.45, 7) is 1.14. The van der Waals surface area contributed by atoms with Crippen molar-refractivity contribution in [2.75, 3.05) is 13.2 Å². The van der Waals surface area contributed by atoms with E-state index in [0.29, 0.717) is 29.5 Å². The third kappa shape index (κ3) is 3.02. The summed E-state index contributed by atoms with van der Waals surface area (Å²) >= 11 is 6.00. The molecule has 3 nitrogen and oxygen atoms in total. The monoisotopic (exact) mass is 299 g/mol. The minimum absolute atomic E-state index is 0.0654. The molecule has 0 radical (unpaired) electrons. The maximum Gasteiger partial charge on any atom is 0.121 e. The molecule has 0 amide bonds. The molecule has 3 rings (SSSR count). The average molecular weight is 300 g/mol. The fourth-order valence-electron chi connectivity index (χ4n) is 2.46. The van der Waals surface area contributed by atoms with Crippen LogP contribution < -0.4 is 4.74 Å². The maximum atomic E-state index is 8.86. The van der Waals surface area contributed by atoms with Crippen molar-refractivity contribution >= 4 is 11.6 Å². The van der Waals surface area contributed by atoms with Gasteiger partial charge in [0, 0.05) is 6.07 Å². The summed E-state index contributed by atoms with van der Waals surface area (Å²) < 4.78 is 11.6. The molecule has 0 spiro atoms. The zero-order chi connectivity index (χ0) is 14.7. The van der Waals surface area contributed by atoms with Crippen LogP contribution in [0.15, 0.2) is 42.5 Å². The molecule has 1 heterocycles. The van der Waals surface area contributed by atoms with Gasteiger partial charge in [0.25, 0.3) is 0 Å². The first kappa shape index (κ1) is 13.9. The zero-order valence-corrected chi connectivity index (χ0v) is 12.1. The molecule has 4 heteroatoms. The molecule has 0 N–H and O–H groups in total. The van der Waals surface area contributed by atoms with Gasteiger partial charge in [-0.1, -0.05) is 35.9 Å². The molecule has 0 fully saturated rings. The van der Waals surface area contributed by atoms with E-state index in [4.69, 9.17) is 26.3 Å². The molecule has 1 aliphatic heterocycles. The van der Waals surface area contributed by atoms with E-state index in [2.05, 4.69) is 12.1 Å². The molecule has 1 unspecified atom stereocenters. The number of halogens is 1. The first-order valence-electron chi connectivity index (χ1n) is 6.80. The quantitative estimate of drug-likeness (QED) is 0.863. The van der Waals surface area contributed by atoms with E-state index in [0.717, 1.165) is 6.42 Å². The normalized spacial score (nSPS) is 16.9. The number of hydrogen-bond acceptors (Lipinski definition) is 3. The van der Waals surface area contributed by atoms with Crippen LogP contribution in [0.5, 0.6) is 5.75 Å². The highest BCUT2D eigenvalue weighted by Gasteiger charge is 2.21. The Kier molecular flexibility index (Phi) is 4.10. The lowest BCUT2D eigenvalue weighted by molar-refractivity contribution is 0.0102. The Hall–Kier alpha value is -2.02. The number of rotatable bonds is 3. The van der Waals surface area contributed by atoms with Gasteiger partial charge in [0.05, 0.1) is 17.2 Å². The van der Waals surface area contributed by atoms with E-state index < -0.39 is 0 Å². The molecule has 1 aliphatic rings. The molecule has 1 atom stereocenters. The van der Waals surface area contributed by atoms with Gasteiger partial charge in [-0.05, 0) is 29.7 Å². The van der Waals surface area contributed by atoms with E-state index in [1.165, 1.54) is 11.1 Å². The highest BCUT2D eigenvalue weighted by molar-refractivity contribution is 6.31. The van der Waals surface area contributed by atoms with Gasteiger partial charge < -0.3 is 9.47 Å². The van der Waals surface area contributed by atoms with Crippen molar-refractivity contribution in [3.05, 3.63) is 64.2 Å². The van der Waals surface area contributed by atoms with Crippen LogP contribution in [0, 0.1) is 11.3 Å². The maximum absolute atomic E-state index is 8.86. The van der Waals surface area contributed by atoms with E-state index in [1.54, 1.807) is 18.2 Å². The fourth-order valence-corrected chi connectivity index (χ4v) is 2.68. The Bertz CT molecular complexity index is 693. The van der Waals surface area contributed by atoms with Gasteiger partial charge in [-0.15, -0.1) is 0 Å². The predicted molar refractivity (Wildman–Crippen MR) is 80.5 cm³/mol. The first-order chi connectivity index (χ1) is 10.3.